The highest BCUT2D eigenvalue weighted by atomic mass is 32.3. The second-order valence-electron chi connectivity index (χ2n) is 6.52. The Kier molecular flexibility index (Phi) is 8.68. The van der Waals surface area contributed by atoms with Gasteiger partial charge in [0.05, 0.1) is 13.2 Å². The van der Waals surface area contributed by atoms with Gasteiger partial charge < -0.3 is 44.8 Å². The minimum Gasteiger partial charge on any atom is -0.394 e. The zero-order valence-corrected chi connectivity index (χ0v) is 16.9. The molecule has 0 amide bonds. The number of hydrogen-bond donors (Lipinski definition) is 8. The highest BCUT2D eigenvalue weighted by molar-refractivity contribution is 7.81. The lowest BCUT2D eigenvalue weighted by Gasteiger charge is -2.46. The van der Waals surface area contributed by atoms with Gasteiger partial charge in [-0.1, -0.05) is 0 Å². The molecular formula is C12H22O17S2. The molecule has 2 saturated heterocycles. The van der Waals surface area contributed by atoms with Gasteiger partial charge in [-0.3, -0.25) is 9.11 Å². The normalized spacial score (nSPS) is 42.5. The first kappa shape index (κ1) is 26.6. The maximum atomic E-state index is 11.1. The summed E-state index contributed by atoms with van der Waals surface area (Å²) in [7, 11) is -10.5. The third kappa shape index (κ3) is 6.69. The molecule has 2 aliphatic rings. The van der Waals surface area contributed by atoms with Gasteiger partial charge in [0.25, 0.3) is 0 Å². The van der Waals surface area contributed by atoms with Gasteiger partial charge in [-0.15, -0.1) is 0 Å². The molecule has 2 fully saturated rings. The van der Waals surface area contributed by atoms with Crippen molar-refractivity contribution in [1.29, 1.82) is 0 Å². The SMILES string of the molecule is O=S(=O)(O)O[C@H]1[C@@H](O)[C@@H](CO)O[C@@H](O[C@H]2[C@H](OS(=O)(=O)O)[C@@H](O)[C@H](O)O[C@@H]2CO)[C@@H]1O. The van der Waals surface area contributed by atoms with Crippen LogP contribution in [0.4, 0.5) is 0 Å². The smallest absolute Gasteiger partial charge is 0.394 e. The van der Waals surface area contributed by atoms with E-state index in [2.05, 4.69) is 8.37 Å². The number of aliphatic hydroxyl groups is 6. The van der Waals surface area contributed by atoms with Crippen LogP contribution in [0.2, 0.25) is 0 Å². The fourth-order valence-corrected chi connectivity index (χ4v) is 4.06. The van der Waals surface area contributed by atoms with Crippen LogP contribution in [0.3, 0.4) is 0 Å². The number of aliphatic hydroxyl groups excluding tert-OH is 6. The molecule has 184 valence electrons. The van der Waals surface area contributed by atoms with Gasteiger partial charge in [-0.05, 0) is 0 Å². The van der Waals surface area contributed by atoms with Crippen LogP contribution in [0, 0.1) is 0 Å². The van der Waals surface area contributed by atoms with E-state index in [0.29, 0.717) is 0 Å². The highest BCUT2D eigenvalue weighted by Crippen LogP contribution is 2.31. The minimum absolute atomic E-state index is 0.976. The Labute approximate surface area is 175 Å². The Morgan fingerprint density at radius 2 is 1.19 bits per heavy atom. The van der Waals surface area contributed by atoms with Gasteiger partial charge in [0.1, 0.15) is 48.8 Å². The first-order valence-electron chi connectivity index (χ1n) is 8.40. The van der Waals surface area contributed by atoms with E-state index in [9.17, 15) is 47.5 Å². The Hall–Kier alpha value is -0.620. The van der Waals surface area contributed by atoms with Crippen LogP contribution in [0.15, 0.2) is 0 Å². The van der Waals surface area contributed by atoms with Gasteiger partial charge in [-0.2, -0.15) is 16.8 Å². The largest absolute Gasteiger partial charge is 0.397 e. The van der Waals surface area contributed by atoms with Crippen molar-refractivity contribution in [2.75, 3.05) is 13.2 Å². The molecule has 17 nitrogen and oxygen atoms in total. The average Bonchev–Trinajstić information content (AvgIpc) is 2.64. The van der Waals surface area contributed by atoms with E-state index in [1.54, 1.807) is 0 Å². The van der Waals surface area contributed by atoms with Crippen LogP contribution in [0.25, 0.3) is 0 Å². The summed E-state index contributed by atoms with van der Waals surface area (Å²) in [4.78, 5) is 0. The van der Waals surface area contributed by atoms with E-state index in [1.165, 1.54) is 0 Å². The van der Waals surface area contributed by atoms with Crippen LogP contribution in [0.5, 0.6) is 0 Å². The van der Waals surface area contributed by atoms with Crippen LogP contribution in [-0.2, 0) is 43.4 Å². The molecule has 19 heteroatoms. The van der Waals surface area contributed by atoms with Crippen LogP contribution < -0.4 is 0 Å². The average molecular weight is 502 g/mol. The molecule has 10 atom stereocenters. The number of rotatable bonds is 8. The molecule has 2 aliphatic heterocycles. The maximum Gasteiger partial charge on any atom is 0.397 e. The molecule has 0 unspecified atom stereocenters. The van der Waals surface area contributed by atoms with Crippen molar-refractivity contribution in [3.8, 4) is 0 Å². The van der Waals surface area contributed by atoms with Gasteiger partial charge in [-0.25, -0.2) is 8.37 Å². The lowest BCUT2D eigenvalue weighted by Crippen LogP contribution is -2.65. The second kappa shape index (κ2) is 10.1. The summed E-state index contributed by atoms with van der Waals surface area (Å²) < 4.78 is 85.6. The molecule has 31 heavy (non-hydrogen) atoms. The molecule has 2 heterocycles. The molecular weight excluding hydrogens is 480 g/mol. The third-order valence-corrected chi connectivity index (χ3v) is 5.32. The van der Waals surface area contributed by atoms with Crippen molar-refractivity contribution in [2.45, 2.75) is 61.4 Å². The third-order valence-electron chi connectivity index (χ3n) is 4.39. The first-order chi connectivity index (χ1) is 14.2. The molecule has 0 aliphatic carbocycles. The number of ether oxygens (including phenoxy) is 3. The molecule has 8 N–H and O–H groups in total. The Balaban J connectivity index is 2.35. The van der Waals surface area contributed by atoms with Crippen molar-refractivity contribution in [3.05, 3.63) is 0 Å². The molecule has 0 spiro atoms. The van der Waals surface area contributed by atoms with Gasteiger partial charge in [0.2, 0.25) is 0 Å². The number of hydrogen-bond acceptors (Lipinski definition) is 15. The van der Waals surface area contributed by atoms with Crippen molar-refractivity contribution in [2.24, 2.45) is 0 Å². The molecule has 0 radical (unpaired) electrons. The summed E-state index contributed by atoms with van der Waals surface area (Å²) in [5.74, 6) is 0. The fourth-order valence-electron chi connectivity index (χ4n) is 3.04. The molecule has 0 aromatic rings. The highest BCUT2D eigenvalue weighted by Gasteiger charge is 2.53. The van der Waals surface area contributed by atoms with Gasteiger partial charge in [0, 0.05) is 0 Å². The lowest BCUT2D eigenvalue weighted by molar-refractivity contribution is -0.351. The topological polar surface area (TPSA) is 276 Å². The van der Waals surface area contributed by atoms with E-state index in [-0.39, 0.29) is 0 Å². The summed E-state index contributed by atoms with van der Waals surface area (Å²) in [6.45, 7) is -1.96. The van der Waals surface area contributed by atoms with E-state index in [1.807, 2.05) is 0 Å². The van der Waals surface area contributed by atoms with Crippen LogP contribution in [0.1, 0.15) is 0 Å². The zero-order valence-electron chi connectivity index (χ0n) is 15.3. The standard InChI is InChI=1S/C12H22O17S2/c13-1-3-5(15)9(28-30(19,20)21)7(17)12(26-3)27-8-4(2-14)25-11(18)6(16)10(8)29-31(22,23)24/h3-18H,1-2H2,(H,19,20,21)(H,22,23,24)/t3-,4-,5+,6-,7-,8-,9+,10-,11-,12+/m1/s1. The Bertz CT molecular complexity index is 800. The van der Waals surface area contributed by atoms with Crippen molar-refractivity contribution in [3.63, 3.8) is 0 Å². The molecule has 2 rings (SSSR count). The Morgan fingerprint density at radius 3 is 1.68 bits per heavy atom. The van der Waals surface area contributed by atoms with Crippen LogP contribution in [-0.4, -0.2) is 131 Å². The van der Waals surface area contributed by atoms with E-state index < -0.39 is 95.4 Å². The van der Waals surface area contributed by atoms with Gasteiger partial charge in [0.15, 0.2) is 12.6 Å². The lowest BCUT2D eigenvalue weighted by atomic mass is 9.97. The van der Waals surface area contributed by atoms with E-state index in [4.69, 9.17) is 23.3 Å². The molecule has 0 saturated carbocycles. The maximum absolute atomic E-state index is 11.1. The predicted molar refractivity (Wildman–Crippen MR) is 89.4 cm³/mol. The fraction of sp³-hybridized carbons (Fsp3) is 1.00. The summed E-state index contributed by atoms with van der Waals surface area (Å²) in [5.41, 5.74) is 0. The molecule has 0 bridgehead atoms. The molecule has 0 aromatic heterocycles. The van der Waals surface area contributed by atoms with Crippen molar-refractivity contribution in [1.82, 2.24) is 0 Å². The monoisotopic (exact) mass is 502 g/mol. The summed E-state index contributed by atoms with van der Waals surface area (Å²) in [6, 6.07) is 0. The summed E-state index contributed by atoms with van der Waals surface area (Å²) in [5, 5.41) is 58.6. The quantitative estimate of drug-likeness (QED) is 0.143. The van der Waals surface area contributed by atoms with E-state index >= 15 is 0 Å². The molecule has 0 aromatic carbocycles. The van der Waals surface area contributed by atoms with Crippen LogP contribution >= 0.6 is 0 Å². The van der Waals surface area contributed by atoms with Crippen molar-refractivity contribution < 1.29 is 79.2 Å². The van der Waals surface area contributed by atoms with E-state index in [0.717, 1.165) is 0 Å². The predicted octanol–water partition coefficient (Wildman–Crippen LogP) is -5.74. The first-order valence-corrected chi connectivity index (χ1v) is 11.1. The summed E-state index contributed by atoms with van der Waals surface area (Å²) in [6.07, 6.45) is -20.1. The Morgan fingerprint density at radius 1 is 0.677 bits per heavy atom. The minimum atomic E-state index is -5.27. The second-order valence-corrected chi connectivity index (χ2v) is 8.62. The zero-order chi connectivity index (χ0) is 23.7. The summed E-state index contributed by atoms with van der Waals surface area (Å²) >= 11 is 0. The van der Waals surface area contributed by atoms with Gasteiger partial charge >= 0.3 is 20.8 Å². The van der Waals surface area contributed by atoms with Crippen molar-refractivity contribution >= 4 is 20.8 Å².